The summed E-state index contributed by atoms with van der Waals surface area (Å²) in [4.78, 5) is 27.9. The molecule has 2 heterocycles. The molecule has 28 heavy (non-hydrogen) atoms. The van der Waals surface area contributed by atoms with Crippen molar-refractivity contribution in [2.24, 2.45) is 0 Å². The van der Waals surface area contributed by atoms with Crippen LogP contribution >= 0.6 is 11.3 Å². The first-order valence-corrected chi connectivity index (χ1v) is 10.5. The third kappa shape index (κ3) is 3.97. The number of Topliss-reactive ketones (excluding diaryl/α,β-unsaturated/α-hetero) is 1. The highest BCUT2D eigenvalue weighted by Crippen LogP contribution is 2.40. The van der Waals surface area contributed by atoms with E-state index >= 15 is 0 Å². The number of nitrogens with zero attached hydrogens (tertiary/aromatic N) is 1. The molecule has 3 rings (SSSR count). The Morgan fingerprint density at radius 1 is 1.18 bits per heavy atom. The van der Waals surface area contributed by atoms with Gasteiger partial charge in [-0.15, -0.1) is 11.3 Å². The average Bonchev–Trinajstić information content (AvgIpc) is 3.33. The summed E-state index contributed by atoms with van der Waals surface area (Å²) < 4.78 is 5.63. The van der Waals surface area contributed by atoms with Crippen LogP contribution in [0.4, 0.5) is 0 Å². The van der Waals surface area contributed by atoms with E-state index in [0.717, 1.165) is 30.6 Å². The molecule has 6 heteroatoms. The molecule has 1 aromatic heterocycles. The number of aliphatic hydroxyl groups excluding tert-OH is 1. The second-order valence-corrected chi connectivity index (χ2v) is 7.69. The number of amides is 1. The Bertz CT molecular complexity index is 855. The number of ketones is 1. The van der Waals surface area contributed by atoms with Gasteiger partial charge in [0.15, 0.2) is 5.76 Å². The molecule has 1 atom stereocenters. The molecular formula is C22H25NO4S. The molecule has 1 N–H and O–H groups in total. The van der Waals surface area contributed by atoms with E-state index in [-0.39, 0.29) is 11.4 Å². The third-order valence-electron chi connectivity index (χ3n) is 4.71. The highest BCUT2D eigenvalue weighted by molar-refractivity contribution is 7.12. The van der Waals surface area contributed by atoms with Crippen LogP contribution in [0.1, 0.15) is 54.4 Å². The van der Waals surface area contributed by atoms with Crippen molar-refractivity contribution >= 4 is 23.0 Å². The fourth-order valence-corrected chi connectivity index (χ4v) is 3.98. The Morgan fingerprint density at radius 3 is 2.54 bits per heavy atom. The van der Waals surface area contributed by atoms with Crippen molar-refractivity contribution in [2.75, 3.05) is 13.2 Å². The van der Waals surface area contributed by atoms with Crippen LogP contribution in [0.5, 0.6) is 5.75 Å². The van der Waals surface area contributed by atoms with Crippen molar-refractivity contribution in [3.8, 4) is 5.75 Å². The number of hydrogen-bond acceptors (Lipinski definition) is 5. The van der Waals surface area contributed by atoms with Crippen molar-refractivity contribution in [1.82, 2.24) is 4.90 Å². The zero-order chi connectivity index (χ0) is 20.1. The van der Waals surface area contributed by atoms with Gasteiger partial charge in [0.1, 0.15) is 5.75 Å². The van der Waals surface area contributed by atoms with E-state index < -0.39 is 17.7 Å². The second kappa shape index (κ2) is 9.06. The van der Waals surface area contributed by atoms with Crippen LogP contribution in [0, 0.1) is 0 Å². The van der Waals surface area contributed by atoms with E-state index in [4.69, 9.17) is 4.74 Å². The largest absolute Gasteiger partial charge is 0.503 e. The predicted molar refractivity (Wildman–Crippen MR) is 110 cm³/mol. The molecule has 0 bridgehead atoms. The zero-order valence-electron chi connectivity index (χ0n) is 16.2. The van der Waals surface area contributed by atoms with Crippen LogP contribution in [-0.4, -0.2) is 34.8 Å². The quantitative estimate of drug-likeness (QED) is 0.608. The number of carbonyl (C=O) groups excluding carboxylic acids is 2. The molecule has 0 spiro atoms. The summed E-state index contributed by atoms with van der Waals surface area (Å²) in [5.41, 5.74) is 0.947. The lowest BCUT2D eigenvalue weighted by molar-refractivity contribution is -0.129. The van der Waals surface area contributed by atoms with Gasteiger partial charge in [0.2, 0.25) is 5.78 Å². The van der Waals surface area contributed by atoms with Gasteiger partial charge >= 0.3 is 0 Å². The first-order valence-electron chi connectivity index (χ1n) is 9.63. The van der Waals surface area contributed by atoms with Gasteiger partial charge in [-0.3, -0.25) is 9.59 Å². The van der Waals surface area contributed by atoms with Gasteiger partial charge in [-0.25, -0.2) is 0 Å². The number of aliphatic hydroxyl groups is 1. The number of hydrogen-bond donors (Lipinski definition) is 1. The smallest absolute Gasteiger partial charge is 0.290 e. The summed E-state index contributed by atoms with van der Waals surface area (Å²) in [6, 6.07) is 10.3. The molecule has 1 aliphatic heterocycles. The number of rotatable bonds is 9. The van der Waals surface area contributed by atoms with E-state index in [1.54, 1.807) is 17.0 Å². The van der Waals surface area contributed by atoms with Crippen LogP contribution in [0.2, 0.25) is 0 Å². The molecule has 1 aromatic carbocycles. The average molecular weight is 400 g/mol. The number of carbonyl (C=O) groups is 2. The lowest BCUT2D eigenvalue weighted by atomic mass is 9.95. The van der Waals surface area contributed by atoms with Crippen LogP contribution in [-0.2, 0) is 4.79 Å². The molecule has 1 amide bonds. The molecule has 0 saturated carbocycles. The molecular weight excluding hydrogens is 374 g/mol. The lowest BCUT2D eigenvalue weighted by Gasteiger charge is -2.26. The highest BCUT2D eigenvalue weighted by atomic mass is 32.1. The highest BCUT2D eigenvalue weighted by Gasteiger charge is 2.43. The summed E-state index contributed by atoms with van der Waals surface area (Å²) in [6.45, 7) is 5.20. The molecule has 0 aliphatic carbocycles. The van der Waals surface area contributed by atoms with Crippen molar-refractivity contribution in [1.29, 1.82) is 0 Å². The molecule has 0 saturated heterocycles. The van der Waals surface area contributed by atoms with E-state index in [1.165, 1.54) is 11.3 Å². The van der Waals surface area contributed by atoms with Gasteiger partial charge in [0.25, 0.3) is 5.91 Å². The summed E-state index contributed by atoms with van der Waals surface area (Å²) in [7, 11) is 0. The maximum Gasteiger partial charge on any atom is 0.290 e. The number of unbranched alkanes of at least 4 members (excludes halogenated alkanes) is 1. The van der Waals surface area contributed by atoms with E-state index in [9.17, 15) is 14.7 Å². The first kappa shape index (κ1) is 20.1. The minimum absolute atomic E-state index is 0.158. The minimum Gasteiger partial charge on any atom is -0.503 e. The van der Waals surface area contributed by atoms with Gasteiger partial charge in [-0.1, -0.05) is 38.5 Å². The molecule has 2 aromatic rings. The summed E-state index contributed by atoms with van der Waals surface area (Å²) in [5.74, 6) is -0.471. The SMILES string of the molecule is CCCCN1C(=O)C(O)=C(C(=O)c2cccs2)C1c1ccc(OCCC)cc1. The Kier molecular flexibility index (Phi) is 6.52. The van der Waals surface area contributed by atoms with E-state index in [2.05, 4.69) is 0 Å². The second-order valence-electron chi connectivity index (χ2n) is 6.74. The molecule has 1 aliphatic rings. The van der Waals surface area contributed by atoms with Gasteiger partial charge in [0, 0.05) is 6.54 Å². The van der Waals surface area contributed by atoms with Crippen LogP contribution < -0.4 is 4.74 Å². The van der Waals surface area contributed by atoms with Gasteiger partial charge in [0.05, 0.1) is 23.1 Å². The molecule has 0 radical (unpaired) electrons. The molecule has 1 unspecified atom stereocenters. The minimum atomic E-state index is -0.589. The van der Waals surface area contributed by atoms with Gasteiger partial charge < -0.3 is 14.7 Å². The van der Waals surface area contributed by atoms with Crippen LogP contribution in [0.25, 0.3) is 0 Å². The molecule has 148 valence electrons. The van der Waals surface area contributed by atoms with Crippen LogP contribution in [0.3, 0.4) is 0 Å². The first-order chi connectivity index (χ1) is 13.6. The number of ether oxygens (including phenoxy) is 1. The Morgan fingerprint density at radius 2 is 1.93 bits per heavy atom. The van der Waals surface area contributed by atoms with E-state index in [1.807, 2.05) is 43.5 Å². The molecule has 5 nitrogen and oxygen atoms in total. The van der Waals surface area contributed by atoms with Gasteiger partial charge in [-0.2, -0.15) is 0 Å². The predicted octanol–water partition coefficient (Wildman–Crippen LogP) is 4.92. The zero-order valence-corrected chi connectivity index (χ0v) is 17.0. The number of benzene rings is 1. The third-order valence-corrected chi connectivity index (χ3v) is 5.58. The van der Waals surface area contributed by atoms with Crippen molar-refractivity contribution in [3.63, 3.8) is 0 Å². The maximum absolute atomic E-state index is 13.1. The van der Waals surface area contributed by atoms with Crippen molar-refractivity contribution < 1.29 is 19.4 Å². The summed E-state index contributed by atoms with van der Waals surface area (Å²) >= 11 is 1.30. The van der Waals surface area contributed by atoms with Crippen LogP contribution in [0.15, 0.2) is 53.1 Å². The standard InChI is InChI=1S/C22H25NO4S/c1-3-5-12-23-19(15-8-10-16(11-9-15)27-13-4-2)18(21(25)22(23)26)20(24)17-7-6-14-28-17/h6-11,14,19,25H,3-5,12-13H2,1-2H3. The Hall–Kier alpha value is -2.60. The monoisotopic (exact) mass is 399 g/mol. The Labute approximate surface area is 169 Å². The summed E-state index contributed by atoms with van der Waals surface area (Å²) in [5, 5.41) is 12.4. The number of thiophene rings is 1. The fraction of sp³-hybridized carbons (Fsp3) is 0.364. The molecule has 0 fully saturated rings. The van der Waals surface area contributed by atoms with Gasteiger partial charge in [-0.05, 0) is 42.0 Å². The topological polar surface area (TPSA) is 66.8 Å². The summed E-state index contributed by atoms with van der Waals surface area (Å²) in [6.07, 6.45) is 2.63. The van der Waals surface area contributed by atoms with Crippen molar-refractivity contribution in [3.05, 3.63) is 63.6 Å². The van der Waals surface area contributed by atoms with Crippen molar-refractivity contribution in [2.45, 2.75) is 39.2 Å². The fourth-order valence-electron chi connectivity index (χ4n) is 3.30. The Balaban J connectivity index is 1.98. The van der Waals surface area contributed by atoms with E-state index in [0.29, 0.717) is 18.0 Å². The lowest BCUT2D eigenvalue weighted by Crippen LogP contribution is -2.32. The normalized spacial score (nSPS) is 16.7. The maximum atomic E-state index is 13.1.